The number of anilines is 1. The summed E-state index contributed by atoms with van der Waals surface area (Å²) in [6, 6.07) is 9.17. The molecule has 0 bridgehead atoms. The minimum absolute atomic E-state index is 0.188. The molecule has 0 fully saturated rings. The minimum Gasteiger partial charge on any atom is -0.384 e. The summed E-state index contributed by atoms with van der Waals surface area (Å²) in [6.07, 6.45) is 1.44. The number of hydrogen-bond donors (Lipinski definition) is 1. The van der Waals surface area contributed by atoms with Crippen molar-refractivity contribution in [3.8, 4) is 11.8 Å². The minimum atomic E-state index is -0.473. The number of benzene rings is 1. The fourth-order valence-corrected chi connectivity index (χ4v) is 1.74. The van der Waals surface area contributed by atoms with Crippen molar-refractivity contribution >= 4 is 11.6 Å². The number of pyridine rings is 1. The first-order valence-electron chi connectivity index (χ1n) is 6.22. The number of halogens is 1. The number of hydrogen-bond acceptors (Lipinski definition) is 3. The summed E-state index contributed by atoms with van der Waals surface area (Å²) in [4.78, 5) is 17.5. The molecule has 1 amide bonds. The zero-order valence-electron chi connectivity index (χ0n) is 11.4. The molecule has 4 nitrogen and oxygen atoms in total. The van der Waals surface area contributed by atoms with Crippen molar-refractivity contribution in [2.24, 2.45) is 0 Å². The highest BCUT2D eigenvalue weighted by atomic mass is 19.1. The second kappa shape index (κ2) is 6.64. The van der Waals surface area contributed by atoms with Gasteiger partial charge in [0.25, 0.3) is 5.91 Å². The van der Waals surface area contributed by atoms with Crippen LogP contribution >= 0.6 is 0 Å². The van der Waals surface area contributed by atoms with E-state index in [0.29, 0.717) is 5.56 Å². The lowest BCUT2D eigenvalue weighted by Crippen LogP contribution is -2.27. The highest BCUT2D eigenvalue weighted by molar-refractivity contribution is 6.04. The van der Waals surface area contributed by atoms with Crippen LogP contribution in [0.3, 0.4) is 0 Å². The van der Waals surface area contributed by atoms with Gasteiger partial charge >= 0.3 is 0 Å². The van der Waals surface area contributed by atoms with Crippen molar-refractivity contribution < 1.29 is 14.3 Å². The van der Waals surface area contributed by atoms with Crippen molar-refractivity contribution in [2.45, 2.75) is 0 Å². The van der Waals surface area contributed by atoms with E-state index in [-0.39, 0.29) is 18.0 Å². The maximum Gasteiger partial charge on any atom is 0.276 e. The van der Waals surface area contributed by atoms with E-state index in [1.807, 2.05) is 0 Å². The van der Waals surface area contributed by atoms with Gasteiger partial charge < -0.3 is 10.0 Å². The van der Waals surface area contributed by atoms with Gasteiger partial charge in [-0.3, -0.25) is 4.79 Å². The van der Waals surface area contributed by atoms with E-state index in [9.17, 15) is 9.18 Å². The molecule has 2 aromatic rings. The molecule has 0 saturated heterocycles. The van der Waals surface area contributed by atoms with Gasteiger partial charge in [0, 0.05) is 18.8 Å². The molecule has 0 aliphatic heterocycles. The monoisotopic (exact) mass is 284 g/mol. The summed E-state index contributed by atoms with van der Waals surface area (Å²) in [5.41, 5.74) is 0.970. The lowest BCUT2D eigenvalue weighted by atomic mass is 10.2. The molecular weight excluding hydrogens is 271 g/mol. The van der Waals surface area contributed by atoms with E-state index in [1.165, 1.54) is 36.3 Å². The van der Waals surface area contributed by atoms with Crippen LogP contribution in [0.4, 0.5) is 10.1 Å². The molecule has 21 heavy (non-hydrogen) atoms. The Labute approximate surface area is 121 Å². The average Bonchev–Trinajstić information content (AvgIpc) is 2.52. The summed E-state index contributed by atoms with van der Waals surface area (Å²) in [5.74, 6) is 4.28. The predicted octanol–water partition coefficient (Wildman–Crippen LogP) is 1.84. The van der Waals surface area contributed by atoms with Crippen LogP contribution in [0.1, 0.15) is 16.1 Å². The van der Waals surface area contributed by atoms with E-state index >= 15 is 0 Å². The van der Waals surface area contributed by atoms with Gasteiger partial charge in [0.2, 0.25) is 0 Å². The predicted molar refractivity (Wildman–Crippen MR) is 77.3 cm³/mol. The lowest BCUT2D eigenvalue weighted by molar-refractivity contribution is 0.0987. The number of carbonyl (C=O) groups is 1. The Morgan fingerprint density at radius 1 is 1.33 bits per heavy atom. The number of rotatable bonds is 2. The topological polar surface area (TPSA) is 53.4 Å². The quantitative estimate of drug-likeness (QED) is 0.856. The second-order valence-electron chi connectivity index (χ2n) is 4.21. The van der Waals surface area contributed by atoms with Gasteiger partial charge in [0.05, 0.1) is 5.69 Å². The molecule has 0 radical (unpaired) electrons. The van der Waals surface area contributed by atoms with E-state index in [1.54, 1.807) is 18.2 Å². The summed E-state index contributed by atoms with van der Waals surface area (Å²) in [7, 11) is 1.49. The van der Waals surface area contributed by atoms with Crippen LogP contribution < -0.4 is 4.90 Å². The number of para-hydroxylation sites is 1. The van der Waals surface area contributed by atoms with Crippen molar-refractivity contribution in [3.05, 3.63) is 59.7 Å². The maximum atomic E-state index is 13.7. The van der Waals surface area contributed by atoms with Crippen molar-refractivity contribution in [3.63, 3.8) is 0 Å². The van der Waals surface area contributed by atoms with Crippen molar-refractivity contribution in [1.82, 2.24) is 4.98 Å². The number of aliphatic hydroxyl groups excluding tert-OH is 1. The third-order valence-corrected chi connectivity index (χ3v) is 2.81. The second-order valence-corrected chi connectivity index (χ2v) is 4.21. The zero-order chi connectivity index (χ0) is 15.2. The van der Waals surface area contributed by atoms with Gasteiger partial charge in [0.15, 0.2) is 0 Å². The molecule has 0 atom stereocenters. The fourth-order valence-electron chi connectivity index (χ4n) is 1.74. The summed E-state index contributed by atoms with van der Waals surface area (Å²) < 4.78 is 13.7. The van der Waals surface area contributed by atoms with E-state index < -0.39 is 11.7 Å². The van der Waals surface area contributed by atoms with Crippen LogP contribution in [0.2, 0.25) is 0 Å². The number of aliphatic hydroxyl groups is 1. The van der Waals surface area contributed by atoms with Crippen LogP contribution in [0.5, 0.6) is 0 Å². The van der Waals surface area contributed by atoms with Crippen molar-refractivity contribution in [2.75, 3.05) is 18.6 Å². The molecule has 0 unspecified atom stereocenters. The normalized spacial score (nSPS) is 9.67. The summed E-state index contributed by atoms with van der Waals surface area (Å²) >= 11 is 0. The molecule has 0 aliphatic carbocycles. The molecular formula is C16H13FN2O2. The van der Waals surface area contributed by atoms with Gasteiger partial charge in [0.1, 0.15) is 18.1 Å². The molecule has 0 aliphatic rings. The Bertz CT molecular complexity index is 702. The molecule has 0 saturated carbocycles. The fraction of sp³-hybridized carbons (Fsp3) is 0.125. The van der Waals surface area contributed by atoms with E-state index in [0.717, 1.165) is 0 Å². The lowest BCUT2D eigenvalue weighted by Gasteiger charge is -2.17. The smallest absolute Gasteiger partial charge is 0.276 e. The van der Waals surface area contributed by atoms with Crippen LogP contribution in [0.25, 0.3) is 0 Å². The third kappa shape index (κ3) is 3.44. The largest absolute Gasteiger partial charge is 0.384 e. The molecule has 0 spiro atoms. The van der Waals surface area contributed by atoms with Gasteiger partial charge in [-0.15, -0.1) is 0 Å². The highest BCUT2D eigenvalue weighted by Gasteiger charge is 2.17. The van der Waals surface area contributed by atoms with Gasteiger partial charge in [-0.2, -0.15) is 0 Å². The van der Waals surface area contributed by atoms with Gasteiger partial charge in [-0.05, 0) is 24.3 Å². The summed E-state index contributed by atoms with van der Waals surface area (Å²) in [5, 5.41) is 8.60. The molecule has 5 heteroatoms. The molecule has 106 valence electrons. The molecule has 1 aromatic heterocycles. The zero-order valence-corrected chi connectivity index (χ0v) is 11.4. The SMILES string of the molecule is CN(C(=O)c1ccc(C#CCO)cn1)c1ccccc1F. The molecule has 1 aromatic carbocycles. The first-order valence-corrected chi connectivity index (χ1v) is 6.22. The highest BCUT2D eigenvalue weighted by Crippen LogP contribution is 2.18. The standard InChI is InChI=1S/C16H13FN2O2/c1-19(15-7-3-2-6-13(15)17)16(21)14-9-8-12(11-18-14)5-4-10-20/h2-3,6-9,11,20H,10H2,1H3. The molecule has 1 N–H and O–H groups in total. The van der Waals surface area contributed by atoms with E-state index in [2.05, 4.69) is 16.8 Å². The number of amides is 1. The average molecular weight is 284 g/mol. The van der Waals surface area contributed by atoms with Crippen LogP contribution in [0.15, 0.2) is 42.6 Å². The van der Waals surface area contributed by atoms with Crippen LogP contribution in [-0.2, 0) is 0 Å². The van der Waals surface area contributed by atoms with Crippen LogP contribution in [-0.4, -0.2) is 29.7 Å². The number of aromatic nitrogens is 1. The Hall–Kier alpha value is -2.71. The molecule has 1 heterocycles. The number of nitrogens with zero attached hydrogens (tertiary/aromatic N) is 2. The maximum absolute atomic E-state index is 13.7. The summed E-state index contributed by atoms with van der Waals surface area (Å²) in [6.45, 7) is -0.239. The Kier molecular flexibility index (Phi) is 4.64. The van der Waals surface area contributed by atoms with Gasteiger partial charge in [-0.1, -0.05) is 24.0 Å². The third-order valence-electron chi connectivity index (χ3n) is 2.81. The van der Waals surface area contributed by atoms with E-state index in [4.69, 9.17) is 5.11 Å². The van der Waals surface area contributed by atoms with Crippen LogP contribution in [0, 0.1) is 17.7 Å². The Balaban J connectivity index is 2.22. The Morgan fingerprint density at radius 2 is 2.10 bits per heavy atom. The number of carbonyl (C=O) groups excluding carboxylic acids is 1. The van der Waals surface area contributed by atoms with Gasteiger partial charge in [-0.25, -0.2) is 9.37 Å². The van der Waals surface area contributed by atoms with Crippen molar-refractivity contribution in [1.29, 1.82) is 0 Å². The molecule has 2 rings (SSSR count). The first-order chi connectivity index (χ1) is 10.1. The first kappa shape index (κ1) is 14.7. The Morgan fingerprint density at radius 3 is 2.71 bits per heavy atom.